The molecule has 1 saturated carbocycles. The number of anilines is 2. The number of rotatable bonds is 3. The molecule has 0 bridgehead atoms. The predicted octanol–water partition coefficient (Wildman–Crippen LogP) is 2.54. The topological polar surface area (TPSA) is 58.3 Å². The predicted molar refractivity (Wildman–Crippen MR) is 72.0 cm³/mol. The Hall–Kier alpha value is -1.22. The summed E-state index contributed by atoms with van der Waals surface area (Å²) < 4.78 is 0. The largest absolute Gasteiger partial charge is 0.397 e. The van der Waals surface area contributed by atoms with Crippen molar-refractivity contribution in [2.75, 3.05) is 17.6 Å². The zero-order chi connectivity index (χ0) is 12.3. The fourth-order valence-corrected chi connectivity index (χ4v) is 2.51. The third-order valence-electron chi connectivity index (χ3n) is 3.63. The van der Waals surface area contributed by atoms with E-state index in [0.717, 1.165) is 37.2 Å². The number of aryl methyl sites for hydroxylation is 1. The van der Waals surface area contributed by atoms with Crippen molar-refractivity contribution in [1.29, 1.82) is 0 Å². The summed E-state index contributed by atoms with van der Waals surface area (Å²) in [7, 11) is 0. The Labute approximate surface area is 103 Å². The molecule has 0 heterocycles. The first kappa shape index (κ1) is 12.2. The van der Waals surface area contributed by atoms with Crippen LogP contribution in [0.3, 0.4) is 0 Å². The zero-order valence-electron chi connectivity index (χ0n) is 10.4. The highest BCUT2D eigenvalue weighted by molar-refractivity contribution is 5.66. The molecule has 0 amide bonds. The first-order chi connectivity index (χ1) is 8.16. The van der Waals surface area contributed by atoms with Crippen LogP contribution in [0, 0.1) is 12.8 Å². The molecule has 1 aromatic carbocycles. The number of hydrogen-bond donors (Lipinski definition) is 3. The maximum atomic E-state index is 9.89. The van der Waals surface area contributed by atoms with Gasteiger partial charge in [-0.1, -0.05) is 18.9 Å². The van der Waals surface area contributed by atoms with Gasteiger partial charge in [0.05, 0.1) is 17.5 Å². The zero-order valence-corrected chi connectivity index (χ0v) is 10.4. The van der Waals surface area contributed by atoms with E-state index in [-0.39, 0.29) is 6.10 Å². The van der Waals surface area contributed by atoms with Gasteiger partial charge in [0.2, 0.25) is 0 Å². The van der Waals surface area contributed by atoms with Gasteiger partial charge in [0.15, 0.2) is 0 Å². The molecule has 2 atom stereocenters. The molecule has 0 saturated heterocycles. The maximum Gasteiger partial charge on any atom is 0.0585 e. The highest BCUT2D eigenvalue weighted by Gasteiger charge is 2.22. The molecule has 0 aliphatic heterocycles. The minimum absolute atomic E-state index is 0.150. The second-order valence-electron chi connectivity index (χ2n) is 5.08. The molecular formula is C14H22N2O. The standard InChI is InChI=1S/C14H22N2O/c1-10-6-7-13(12(15)8-10)16-9-11-4-2-3-5-14(11)17/h6-8,11,14,16-17H,2-5,9,15H2,1H3. The van der Waals surface area contributed by atoms with Gasteiger partial charge in [0, 0.05) is 12.5 Å². The van der Waals surface area contributed by atoms with Gasteiger partial charge in [-0.3, -0.25) is 0 Å². The van der Waals surface area contributed by atoms with Crippen LogP contribution in [-0.4, -0.2) is 17.8 Å². The van der Waals surface area contributed by atoms with Gasteiger partial charge in [0.25, 0.3) is 0 Å². The van der Waals surface area contributed by atoms with Crippen molar-refractivity contribution in [2.24, 2.45) is 5.92 Å². The number of aliphatic hydroxyl groups excluding tert-OH is 1. The summed E-state index contributed by atoms with van der Waals surface area (Å²) in [6.07, 6.45) is 4.29. The Balaban J connectivity index is 1.92. The number of nitrogen functional groups attached to an aromatic ring is 1. The molecule has 0 spiro atoms. The van der Waals surface area contributed by atoms with Crippen LogP contribution < -0.4 is 11.1 Å². The van der Waals surface area contributed by atoms with Crippen molar-refractivity contribution in [3.8, 4) is 0 Å². The molecule has 1 aromatic rings. The molecule has 1 fully saturated rings. The van der Waals surface area contributed by atoms with E-state index in [0.29, 0.717) is 5.92 Å². The Morgan fingerprint density at radius 3 is 2.82 bits per heavy atom. The Kier molecular flexibility index (Phi) is 3.89. The Morgan fingerprint density at radius 2 is 2.12 bits per heavy atom. The molecule has 4 N–H and O–H groups in total. The molecule has 1 aliphatic rings. The number of nitrogens with one attached hydrogen (secondary N) is 1. The van der Waals surface area contributed by atoms with Crippen LogP contribution in [0.4, 0.5) is 11.4 Å². The van der Waals surface area contributed by atoms with Gasteiger partial charge in [-0.05, 0) is 37.5 Å². The number of nitrogens with two attached hydrogens (primary N) is 1. The fraction of sp³-hybridized carbons (Fsp3) is 0.571. The van der Waals surface area contributed by atoms with E-state index in [9.17, 15) is 5.11 Å². The van der Waals surface area contributed by atoms with E-state index in [4.69, 9.17) is 5.73 Å². The molecule has 2 unspecified atom stereocenters. The minimum Gasteiger partial charge on any atom is -0.397 e. The number of benzene rings is 1. The maximum absolute atomic E-state index is 9.89. The van der Waals surface area contributed by atoms with Crippen LogP contribution in [0.15, 0.2) is 18.2 Å². The lowest BCUT2D eigenvalue weighted by Gasteiger charge is -2.28. The summed E-state index contributed by atoms with van der Waals surface area (Å²) >= 11 is 0. The fourth-order valence-electron chi connectivity index (χ4n) is 2.51. The second-order valence-corrected chi connectivity index (χ2v) is 5.08. The van der Waals surface area contributed by atoms with E-state index >= 15 is 0 Å². The summed E-state index contributed by atoms with van der Waals surface area (Å²) in [5.74, 6) is 0.365. The average molecular weight is 234 g/mol. The molecule has 2 rings (SSSR count). The summed E-state index contributed by atoms with van der Waals surface area (Å²) in [5, 5.41) is 13.2. The molecular weight excluding hydrogens is 212 g/mol. The summed E-state index contributed by atoms with van der Waals surface area (Å²) in [5.41, 5.74) is 8.89. The first-order valence-electron chi connectivity index (χ1n) is 6.45. The number of hydrogen-bond acceptors (Lipinski definition) is 3. The van der Waals surface area contributed by atoms with Crippen LogP contribution in [0.2, 0.25) is 0 Å². The van der Waals surface area contributed by atoms with Gasteiger partial charge < -0.3 is 16.2 Å². The third kappa shape index (κ3) is 3.13. The lowest BCUT2D eigenvalue weighted by Crippen LogP contribution is -2.30. The SMILES string of the molecule is Cc1ccc(NCC2CCCCC2O)c(N)c1. The second kappa shape index (κ2) is 5.41. The van der Waals surface area contributed by atoms with Crippen LogP contribution in [-0.2, 0) is 0 Å². The summed E-state index contributed by atoms with van der Waals surface area (Å²) in [4.78, 5) is 0. The summed E-state index contributed by atoms with van der Waals surface area (Å²) in [6.45, 7) is 2.85. The quantitative estimate of drug-likeness (QED) is 0.704. The highest BCUT2D eigenvalue weighted by atomic mass is 16.3. The van der Waals surface area contributed by atoms with E-state index in [2.05, 4.69) is 11.4 Å². The van der Waals surface area contributed by atoms with Crippen molar-refractivity contribution in [1.82, 2.24) is 0 Å². The number of aliphatic hydroxyl groups is 1. The van der Waals surface area contributed by atoms with Crippen molar-refractivity contribution in [2.45, 2.75) is 38.7 Å². The molecule has 0 aromatic heterocycles. The van der Waals surface area contributed by atoms with Crippen LogP contribution in [0.5, 0.6) is 0 Å². The van der Waals surface area contributed by atoms with E-state index in [1.165, 1.54) is 12.0 Å². The van der Waals surface area contributed by atoms with Crippen molar-refractivity contribution in [3.05, 3.63) is 23.8 Å². The van der Waals surface area contributed by atoms with Gasteiger partial charge in [-0.25, -0.2) is 0 Å². The van der Waals surface area contributed by atoms with Crippen LogP contribution in [0.25, 0.3) is 0 Å². The van der Waals surface area contributed by atoms with Crippen molar-refractivity contribution >= 4 is 11.4 Å². The third-order valence-corrected chi connectivity index (χ3v) is 3.63. The lowest BCUT2D eigenvalue weighted by molar-refractivity contribution is 0.0763. The van der Waals surface area contributed by atoms with Gasteiger partial charge >= 0.3 is 0 Å². The molecule has 94 valence electrons. The van der Waals surface area contributed by atoms with Crippen LogP contribution >= 0.6 is 0 Å². The molecule has 17 heavy (non-hydrogen) atoms. The molecule has 1 aliphatic carbocycles. The van der Waals surface area contributed by atoms with Gasteiger partial charge in [0.1, 0.15) is 0 Å². The Bertz CT molecular complexity index is 378. The monoisotopic (exact) mass is 234 g/mol. The van der Waals surface area contributed by atoms with Gasteiger partial charge in [-0.15, -0.1) is 0 Å². The molecule has 0 radical (unpaired) electrons. The molecule has 3 heteroatoms. The van der Waals surface area contributed by atoms with Crippen molar-refractivity contribution in [3.63, 3.8) is 0 Å². The lowest BCUT2D eigenvalue weighted by atomic mass is 9.86. The first-order valence-corrected chi connectivity index (χ1v) is 6.45. The van der Waals surface area contributed by atoms with E-state index < -0.39 is 0 Å². The average Bonchev–Trinajstić information content (AvgIpc) is 2.30. The van der Waals surface area contributed by atoms with Crippen LogP contribution in [0.1, 0.15) is 31.2 Å². The van der Waals surface area contributed by atoms with Crippen molar-refractivity contribution < 1.29 is 5.11 Å². The summed E-state index contributed by atoms with van der Waals surface area (Å²) in [6, 6.07) is 6.04. The Morgan fingerprint density at radius 1 is 1.35 bits per heavy atom. The molecule has 3 nitrogen and oxygen atoms in total. The normalized spacial score (nSPS) is 24.6. The minimum atomic E-state index is -0.150. The highest BCUT2D eigenvalue weighted by Crippen LogP contribution is 2.26. The van der Waals surface area contributed by atoms with E-state index in [1.54, 1.807) is 0 Å². The smallest absolute Gasteiger partial charge is 0.0585 e. The van der Waals surface area contributed by atoms with Gasteiger partial charge in [-0.2, -0.15) is 0 Å². The van der Waals surface area contributed by atoms with E-state index in [1.807, 2.05) is 19.1 Å².